The lowest BCUT2D eigenvalue weighted by atomic mass is 10.3. The van der Waals surface area contributed by atoms with Gasteiger partial charge >= 0.3 is 11.9 Å². The molecule has 0 saturated carbocycles. The molecular formula is C14H13ClFNO5. The molecular weight excluding hydrogens is 317 g/mol. The smallest absolute Gasteiger partial charge is 0.331 e. The molecule has 0 radical (unpaired) electrons. The van der Waals surface area contributed by atoms with Crippen LogP contribution in [0, 0.1) is 5.82 Å². The van der Waals surface area contributed by atoms with Crippen LogP contribution < -0.4 is 5.32 Å². The van der Waals surface area contributed by atoms with Crippen LogP contribution in [-0.2, 0) is 23.9 Å². The fourth-order valence-corrected chi connectivity index (χ4v) is 1.50. The van der Waals surface area contributed by atoms with E-state index in [4.69, 9.17) is 11.6 Å². The number of halogens is 2. The zero-order valence-electron chi connectivity index (χ0n) is 11.6. The molecule has 0 aliphatic heterocycles. The maximum Gasteiger partial charge on any atom is 0.331 e. The Morgan fingerprint density at radius 1 is 1.23 bits per heavy atom. The second kappa shape index (κ2) is 8.78. The standard InChI is InChI=1S/C14H13ClFNO5/c1-2-21-13(19)5-6-14(20)22-8-12(18)17-11-4-3-9(16)7-10(11)15/h3-7H,2,8H2,1H3,(H,17,18). The molecule has 0 fully saturated rings. The molecule has 0 aliphatic carbocycles. The normalized spacial score (nSPS) is 10.3. The molecule has 118 valence electrons. The van der Waals surface area contributed by atoms with Gasteiger partial charge in [-0.2, -0.15) is 0 Å². The highest BCUT2D eigenvalue weighted by Gasteiger charge is 2.09. The van der Waals surface area contributed by atoms with Crippen molar-refractivity contribution in [2.75, 3.05) is 18.5 Å². The van der Waals surface area contributed by atoms with Crippen LogP contribution in [-0.4, -0.2) is 31.1 Å². The minimum Gasteiger partial charge on any atom is -0.463 e. The topological polar surface area (TPSA) is 81.7 Å². The van der Waals surface area contributed by atoms with Crippen molar-refractivity contribution in [2.45, 2.75) is 6.92 Å². The molecule has 0 saturated heterocycles. The first-order chi connectivity index (χ1) is 10.4. The molecule has 1 N–H and O–H groups in total. The van der Waals surface area contributed by atoms with Crippen LogP contribution in [0.3, 0.4) is 0 Å². The molecule has 0 atom stereocenters. The molecule has 8 heteroatoms. The van der Waals surface area contributed by atoms with Gasteiger partial charge in [-0.25, -0.2) is 14.0 Å². The van der Waals surface area contributed by atoms with Crippen LogP contribution in [0.5, 0.6) is 0 Å². The lowest BCUT2D eigenvalue weighted by molar-refractivity contribution is -0.143. The number of carbonyl (C=O) groups is 3. The highest BCUT2D eigenvalue weighted by molar-refractivity contribution is 6.33. The van der Waals surface area contributed by atoms with Gasteiger partial charge in [0, 0.05) is 12.2 Å². The quantitative estimate of drug-likeness (QED) is 0.638. The molecule has 0 aromatic heterocycles. The largest absolute Gasteiger partial charge is 0.463 e. The Labute approximate surface area is 130 Å². The fraction of sp³-hybridized carbons (Fsp3) is 0.214. The van der Waals surface area contributed by atoms with E-state index in [0.717, 1.165) is 24.3 Å². The van der Waals surface area contributed by atoms with Gasteiger partial charge in [0.05, 0.1) is 17.3 Å². The molecule has 1 aromatic carbocycles. The Morgan fingerprint density at radius 3 is 2.45 bits per heavy atom. The molecule has 1 aromatic rings. The van der Waals surface area contributed by atoms with Crippen molar-refractivity contribution in [3.05, 3.63) is 41.2 Å². The summed E-state index contributed by atoms with van der Waals surface area (Å²) in [6.07, 6.45) is 1.73. The van der Waals surface area contributed by atoms with E-state index in [1.54, 1.807) is 6.92 Å². The molecule has 0 aliphatic rings. The van der Waals surface area contributed by atoms with Crippen LogP contribution in [0.1, 0.15) is 6.92 Å². The van der Waals surface area contributed by atoms with Gasteiger partial charge in [-0.15, -0.1) is 0 Å². The van der Waals surface area contributed by atoms with E-state index < -0.39 is 30.3 Å². The van der Waals surface area contributed by atoms with Gasteiger partial charge in [0.1, 0.15) is 5.82 Å². The predicted octanol–water partition coefficient (Wildman–Crippen LogP) is 2.08. The lowest BCUT2D eigenvalue weighted by Gasteiger charge is -2.07. The average molecular weight is 330 g/mol. The summed E-state index contributed by atoms with van der Waals surface area (Å²) >= 11 is 5.73. The Bertz CT molecular complexity index is 603. The van der Waals surface area contributed by atoms with E-state index in [1.165, 1.54) is 6.07 Å². The summed E-state index contributed by atoms with van der Waals surface area (Å²) in [6, 6.07) is 3.43. The molecule has 0 unspecified atom stereocenters. The number of benzene rings is 1. The number of nitrogens with one attached hydrogen (secondary N) is 1. The predicted molar refractivity (Wildman–Crippen MR) is 76.8 cm³/mol. The summed E-state index contributed by atoms with van der Waals surface area (Å²) in [5.41, 5.74) is 0.186. The second-order valence-corrected chi connectivity index (χ2v) is 4.27. The van der Waals surface area contributed by atoms with Crippen molar-refractivity contribution in [1.82, 2.24) is 0 Å². The minimum absolute atomic E-state index is 0.0156. The SMILES string of the molecule is CCOC(=O)C=CC(=O)OCC(=O)Nc1ccc(F)cc1Cl. The van der Waals surface area contributed by atoms with E-state index in [9.17, 15) is 18.8 Å². The molecule has 22 heavy (non-hydrogen) atoms. The van der Waals surface area contributed by atoms with Gasteiger partial charge in [0.15, 0.2) is 6.61 Å². The van der Waals surface area contributed by atoms with Gasteiger partial charge < -0.3 is 14.8 Å². The Hall–Kier alpha value is -2.41. The molecule has 6 nitrogen and oxygen atoms in total. The van der Waals surface area contributed by atoms with Gasteiger partial charge in [-0.3, -0.25) is 4.79 Å². The lowest BCUT2D eigenvalue weighted by Crippen LogP contribution is -2.20. The Balaban J connectivity index is 2.42. The summed E-state index contributed by atoms with van der Waals surface area (Å²) in [5.74, 6) is -2.78. The number of hydrogen-bond acceptors (Lipinski definition) is 5. The van der Waals surface area contributed by atoms with Crippen molar-refractivity contribution in [2.24, 2.45) is 0 Å². The van der Waals surface area contributed by atoms with Crippen LogP contribution in [0.4, 0.5) is 10.1 Å². The maximum absolute atomic E-state index is 12.8. The van der Waals surface area contributed by atoms with Crippen LogP contribution in [0.15, 0.2) is 30.4 Å². The summed E-state index contributed by atoms with van der Waals surface area (Å²) in [7, 11) is 0. The monoisotopic (exact) mass is 329 g/mol. The van der Waals surface area contributed by atoms with E-state index in [0.29, 0.717) is 0 Å². The van der Waals surface area contributed by atoms with E-state index in [1.807, 2.05) is 0 Å². The van der Waals surface area contributed by atoms with Crippen molar-refractivity contribution in [3.8, 4) is 0 Å². The Morgan fingerprint density at radius 2 is 1.86 bits per heavy atom. The number of amides is 1. The third-order valence-electron chi connectivity index (χ3n) is 2.19. The van der Waals surface area contributed by atoms with Gasteiger partial charge in [-0.1, -0.05) is 11.6 Å². The Kier molecular flexibility index (Phi) is 7.04. The van der Waals surface area contributed by atoms with Crippen LogP contribution >= 0.6 is 11.6 Å². The van der Waals surface area contributed by atoms with Gasteiger partial charge in [0.2, 0.25) is 0 Å². The third kappa shape index (κ3) is 6.36. The highest BCUT2D eigenvalue weighted by Crippen LogP contribution is 2.22. The number of anilines is 1. The van der Waals surface area contributed by atoms with Gasteiger partial charge in [0.25, 0.3) is 5.91 Å². The van der Waals surface area contributed by atoms with Crippen LogP contribution in [0.25, 0.3) is 0 Å². The number of carbonyl (C=O) groups excluding carboxylic acids is 3. The zero-order chi connectivity index (χ0) is 16.5. The average Bonchev–Trinajstić information content (AvgIpc) is 2.46. The molecule has 0 bridgehead atoms. The van der Waals surface area contributed by atoms with E-state index >= 15 is 0 Å². The highest BCUT2D eigenvalue weighted by atomic mass is 35.5. The first-order valence-electron chi connectivity index (χ1n) is 6.19. The molecule has 1 rings (SSSR count). The van der Waals surface area contributed by atoms with Crippen molar-refractivity contribution in [1.29, 1.82) is 0 Å². The second-order valence-electron chi connectivity index (χ2n) is 3.87. The van der Waals surface area contributed by atoms with E-state index in [-0.39, 0.29) is 17.3 Å². The van der Waals surface area contributed by atoms with Crippen molar-refractivity contribution < 1.29 is 28.2 Å². The summed E-state index contributed by atoms with van der Waals surface area (Å²) in [6.45, 7) is 1.22. The third-order valence-corrected chi connectivity index (χ3v) is 2.51. The van der Waals surface area contributed by atoms with Crippen molar-refractivity contribution >= 4 is 35.1 Å². The first kappa shape index (κ1) is 17.6. The number of hydrogen-bond donors (Lipinski definition) is 1. The maximum atomic E-state index is 12.8. The van der Waals surface area contributed by atoms with Gasteiger partial charge in [-0.05, 0) is 25.1 Å². The van der Waals surface area contributed by atoms with E-state index in [2.05, 4.69) is 14.8 Å². The number of ether oxygens (including phenoxy) is 2. The summed E-state index contributed by atoms with van der Waals surface area (Å²) in [4.78, 5) is 33.7. The minimum atomic E-state index is -0.881. The van der Waals surface area contributed by atoms with Crippen LogP contribution in [0.2, 0.25) is 5.02 Å². The fourth-order valence-electron chi connectivity index (χ4n) is 1.29. The zero-order valence-corrected chi connectivity index (χ0v) is 12.4. The number of rotatable bonds is 6. The van der Waals surface area contributed by atoms with Crippen molar-refractivity contribution in [3.63, 3.8) is 0 Å². The molecule has 0 spiro atoms. The first-order valence-corrected chi connectivity index (χ1v) is 6.56. The summed E-state index contributed by atoms with van der Waals surface area (Å²) < 4.78 is 22.0. The summed E-state index contributed by atoms with van der Waals surface area (Å²) in [5, 5.41) is 2.36. The number of esters is 2. The molecule has 0 heterocycles. The molecule has 1 amide bonds.